The van der Waals surface area contributed by atoms with Gasteiger partial charge in [-0.25, -0.2) is 0 Å². The number of aromatic hydroxyl groups is 1. The molecule has 2 rings (SSSR count). The molecule has 0 spiro atoms. The van der Waals surface area contributed by atoms with Gasteiger partial charge in [0, 0.05) is 6.54 Å². The van der Waals surface area contributed by atoms with Crippen LogP contribution in [-0.4, -0.2) is 15.1 Å². The molecule has 0 atom stereocenters. The third kappa shape index (κ3) is 3.96. The van der Waals surface area contributed by atoms with E-state index in [4.69, 9.17) is 23.2 Å². The molecule has 0 aliphatic rings. The van der Waals surface area contributed by atoms with Crippen molar-refractivity contribution in [1.82, 2.24) is 15.3 Å². The van der Waals surface area contributed by atoms with E-state index in [9.17, 15) is 9.90 Å². The predicted octanol–water partition coefficient (Wildman–Crippen LogP) is 2.07. The fraction of sp³-hybridized carbons (Fsp3) is 0.167. The fourth-order valence-electron chi connectivity index (χ4n) is 1.55. The first-order valence-corrected chi connectivity index (χ1v) is 6.24. The number of rotatable bonds is 4. The first-order valence-electron chi connectivity index (χ1n) is 5.48. The maximum atomic E-state index is 11.1. The summed E-state index contributed by atoms with van der Waals surface area (Å²) >= 11 is 11.7. The zero-order chi connectivity index (χ0) is 13.8. The average Bonchev–Trinajstić information content (AvgIpc) is 2.32. The molecule has 0 aliphatic heterocycles. The smallest absolute Gasteiger partial charge is 0.254 e. The van der Waals surface area contributed by atoms with Crippen LogP contribution in [0.2, 0.25) is 10.0 Å². The first kappa shape index (κ1) is 13.9. The number of hydrogen-bond acceptors (Lipinski definition) is 4. The van der Waals surface area contributed by atoms with Gasteiger partial charge >= 0.3 is 0 Å². The van der Waals surface area contributed by atoms with Crippen LogP contribution in [0.4, 0.5) is 0 Å². The molecule has 0 saturated carbocycles. The minimum Gasteiger partial charge on any atom is -0.493 e. The van der Waals surface area contributed by atoms with Crippen LogP contribution < -0.4 is 10.9 Å². The molecule has 0 saturated heterocycles. The average molecular weight is 300 g/mol. The Morgan fingerprint density at radius 3 is 2.68 bits per heavy atom. The molecule has 7 heteroatoms. The van der Waals surface area contributed by atoms with Gasteiger partial charge in [-0.15, -0.1) is 0 Å². The van der Waals surface area contributed by atoms with Crippen LogP contribution in [0.5, 0.6) is 5.88 Å². The minimum absolute atomic E-state index is 0.296. The summed E-state index contributed by atoms with van der Waals surface area (Å²) in [5.74, 6) is 0.0696. The molecule has 0 unspecified atom stereocenters. The zero-order valence-corrected chi connectivity index (χ0v) is 11.3. The fourth-order valence-corrected chi connectivity index (χ4v) is 1.87. The number of aromatic amines is 1. The summed E-state index contributed by atoms with van der Waals surface area (Å²) in [6.45, 7) is 0.861. The monoisotopic (exact) mass is 299 g/mol. The third-order valence-electron chi connectivity index (χ3n) is 2.38. The lowest BCUT2D eigenvalue weighted by Crippen LogP contribution is -2.18. The Hall–Kier alpha value is -1.56. The van der Waals surface area contributed by atoms with Crippen molar-refractivity contribution in [3.05, 3.63) is 56.1 Å². The summed E-state index contributed by atoms with van der Waals surface area (Å²) in [6.07, 6.45) is 0. The van der Waals surface area contributed by atoms with Crippen molar-refractivity contribution in [2.75, 3.05) is 0 Å². The molecule has 2 aromatic rings. The molecule has 0 radical (unpaired) electrons. The largest absolute Gasteiger partial charge is 0.493 e. The minimum atomic E-state index is -0.390. The summed E-state index contributed by atoms with van der Waals surface area (Å²) in [5, 5.41) is 13.3. The Bertz CT molecular complexity index is 643. The first-order chi connectivity index (χ1) is 9.04. The number of H-pyrrole nitrogens is 1. The molecule has 0 amide bonds. The second-order valence-corrected chi connectivity index (χ2v) is 4.72. The van der Waals surface area contributed by atoms with Gasteiger partial charge in [0.15, 0.2) is 0 Å². The van der Waals surface area contributed by atoms with Gasteiger partial charge in [-0.3, -0.25) is 4.79 Å². The maximum absolute atomic E-state index is 11.1. The molecule has 0 bridgehead atoms. The number of benzene rings is 1. The molecule has 0 aliphatic carbocycles. The van der Waals surface area contributed by atoms with Gasteiger partial charge in [0.05, 0.1) is 22.7 Å². The van der Waals surface area contributed by atoms with Crippen LogP contribution in [0, 0.1) is 0 Å². The standard InChI is InChI=1S/C12H11Cl2N3O2/c13-8-2-1-7(3-9(8)14)5-15-6-10-16-11(18)4-12(19)17-10/h1-4,15H,5-6H2,(H2,16,17,18,19). The van der Waals surface area contributed by atoms with E-state index in [1.54, 1.807) is 12.1 Å². The summed E-state index contributed by atoms with van der Waals surface area (Å²) in [5.41, 5.74) is 0.565. The van der Waals surface area contributed by atoms with Crippen molar-refractivity contribution in [3.8, 4) is 5.88 Å². The topological polar surface area (TPSA) is 78.0 Å². The zero-order valence-electron chi connectivity index (χ0n) is 9.78. The molecular weight excluding hydrogens is 289 g/mol. The van der Waals surface area contributed by atoms with E-state index in [1.165, 1.54) is 0 Å². The van der Waals surface area contributed by atoms with Crippen molar-refractivity contribution in [3.63, 3.8) is 0 Å². The van der Waals surface area contributed by atoms with Crippen LogP contribution in [-0.2, 0) is 13.1 Å². The van der Waals surface area contributed by atoms with Gasteiger partial charge in [-0.2, -0.15) is 4.98 Å². The summed E-state index contributed by atoms with van der Waals surface area (Å²) < 4.78 is 0. The van der Waals surface area contributed by atoms with Crippen molar-refractivity contribution < 1.29 is 5.11 Å². The number of halogens is 2. The van der Waals surface area contributed by atoms with Crippen molar-refractivity contribution >= 4 is 23.2 Å². The van der Waals surface area contributed by atoms with Gasteiger partial charge in [0.1, 0.15) is 5.82 Å². The Morgan fingerprint density at radius 1 is 1.21 bits per heavy atom. The number of nitrogens with zero attached hydrogens (tertiary/aromatic N) is 1. The second-order valence-electron chi connectivity index (χ2n) is 3.90. The number of nitrogens with one attached hydrogen (secondary N) is 2. The van der Waals surface area contributed by atoms with Gasteiger partial charge < -0.3 is 15.4 Å². The third-order valence-corrected chi connectivity index (χ3v) is 3.12. The summed E-state index contributed by atoms with van der Waals surface area (Å²) in [4.78, 5) is 17.4. The highest BCUT2D eigenvalue weighted by molar-refractivity contribution is 6.42. The van der Waals surface area contributed by atoms with Gasteiger partial charge in [0.2, 0.25) is 5.88 Å². The molecule has 1 heterocycles. The Balaban J connectivity index is 1.96. The van der Waals surface area contributed by atoms with E-state index in [0.29, 0.717) is 29.0 Å². The van der Waals surface area contributed by atoms with E-state index in [1.807, 2.05) is 6.07 Å². The van der Waals surface area contributed by atoms with Gasteiger partial charge in [-0.05, 0) is 17.7 Å². The Morgan fingerprint density at radius 2 is 2.00 bits per heavy atom. The van der Waals surface area contributed by atoms with Crippen molar-refractivity contribution in [2.24, 2.45) is 0 Å². The molecule has 19 heavy (non-hydrogen) atoms. The van der Waals surface area contributed by atoms with Crippen molar-refractivity contribution in [1.29, 1.82) is 0 Å². The van der Waals surface area contributed by atoms with Crippen LogP contribution in [0.3, 0.4) is 0 Å². The highest BCUT2D eigenvalue weighted by atomic mass is 35.5. The molecular formula is C12H11Cl2N3O2. The highest BCUT2D eigenvalue weighted by Gasteiger charge is 2.02. The van der Waals surface area contributed by atoms with E-state index in [2.05, 4.69) is 15.3 Å². The molecule has 0 fully saturated rings. The predicted molar refractivity (Wildman–Crippen MR) is 73.5 cm³/mol. The normalized spacial score (nSPS) is 10.6. The SMILES string of the molecule is O=c1cc(O)nc(CNCc2ccc(Cl)c(Cl)c2)[nH]1. The van der Waals surface area contributed by atoms with E-state index in [-0.39, 0.29) is 11.4 Å². The quantitative estimate of drug-likeness (QED) is 0.808. The number of hydrogen-bond donors (Lipinski definition) is 3. The van der Waals surface area contributed by atoms with E-state index < -0.39 is 0 Å². The van der Waals surface area contributed by atoms with Crippen LogP contribution in [0.1, 0.15) is 11.4 Å². The van der Waals surface area contributed by atoms with Crippen LogP contribution in [0.25, 0.3) is 0 Å². The molecule has 100 valence electrons. The van der Waals surface area contributed by atoms with Crippen LogP contribution in [0.15, 0.2) is 29.1 Å². The number of aromatic nitrogens is 2. The Labute approximate surface area is 119 Å². The maximum Gasteiger partial charge on any atom is 0.254 e. The molecule has 3 N–H and O–H groups in total. The Kier molecular flexibility index (Phi) is 4.42. The molecule has 5 nitrogen and oxygen atoms in total. The van der Waals surface area contributed by atoms with E-state index >= 15 is 0 Å². The van der Waals surface area contributed by atoms with Crippen LogP contribution >= 0.6 is 23.2 Å². The lowest BCUT2D eigenvalue weighted by molar-refractivity contribution is 0.445. The van der Waals surface area contributed by atoms with Crippen molar-refractivity contribution in [2.45, 2.75) is 13.1 Å². The van der Waals surface area contributed by atoms with Gasteiger partial charge in [0.25, 0.3) is 5.56 Å². The molecule has 1 aromatic heterocycles. The summed E-state index contributed by atoms with van der Waals surface area (Å²) in [6, 6.07) is 6.34. The lowest BCUT2D eigenvalue weighted by atomic mass is 10.2. The lowest BCUT2D eigenvalue weighted by Gasteiger charge is -2.05. The highest BCUT2D eigenvalue weighted by Crippen LogP contribution is 2.22. The van der Waals surface area contributed by atoms with Gasteiger partial charge in [-0.1, -0.05) is 29.3 Å². The summed E-state index contributed by atoms with van der Waals surface area (Å²) in [7, 11) is 0. The second kappa shape index (κ2) is 6.06. The molecule has 1 aromatic carbocycles. The van der Waals surface area contributed by atoms with E-state index in [0.717, 1.165) is 11.6 Å².